The van der Waals surface area contributed by atoms with E-state index in [4.69, 9.17) is 4.42 Å². The van der Waals surface area contributed by atoms with Crippen molar-refractivity contribution in [3.63, 3.8) is 0 Å². The minimum absolute atomic E-state index is 0.256. The number of aryl methyl sites for hydroxylation is 4. The summed E-state index contributed by atoms with van der Waals surface area (Å²) in [4.78, 5) is 4.94. The van der Waals surface area contributed by atoms with Crippen LogP contribution in [0, 0.1) is 27.7 Å². The van der Waals surface area contributed by atoms with E-state index in [1.54, 1.807) is 0 Å². The molecule has 2 fully saturated rings. The van der Waals surface area contributed by atoms with E-state index >= 15 is 0 Å². The highest BCUT2D eigenvalue weighted by atomic mass is 16.3. The zero-order valence-corrected chi connectivity index (χ0v) is 47.3. The van der Waals surface area contributed by atoms with Crippen molar-refractivity contribution in [2.45, 2.75) is 90.9 Å². The third-order valence-corrected chi connectivity index (χ3v) is 18.7. The molecule has 13 aromatic rings. The predicted molar refractivity (Wildman–Crippen MR) is 346 cm³/mol. The minimum atomic E-state index is 0.256. The number of aromatic hydroxyl groups is 1. The fourth-order valence-corrected chi connectivity index (χ4v) is 14.6. The molecule has 400 valence electrons. The second-order valence-electron chi connectivity index (χ2n) is 23.6. The molecule has 4 nitrogen and oxygen atoms in total. The highest BCUT2D eigenvalue weighted by Gasteiger charge is 2.32. The van der Waals surface area contributed by atoms with Crippen LogP contribution in [-0.4, -0.2) is 5.11 Å². The Morgan fingerprint density at radius 3 is 1.50 bits per heavy atom. The van der Waals surface area contributed by atoms with E-state index in [2.05, 4.69) is 250 Å². The van der Waals surface area contributed by atoms with Gasteiger partial charge in [0.2, 0.25) is 0 Å². The van der Waals surface area contributed by atoms with Crippen LogP contribution < -0.4 is 9.80 Å². The first-order valence-corrected chi connectivity index (χ1v) is 29.8. The molecule has 0 atom stereocenters. The summed E-state index contributed by atoms with van der Waals surface area (Å²) in [6.45, 7) is 8.84. The Bertz CT molecular complexity index is 4610. The van der Waals surface area contributed by atoms with Gasteiger partial charge in [-0.25, -0.2) is 0 Å². The van der Waals surface area contributed by atoms with E-state index in [-0.39, 0.29) is 5.75 Å². The van der Waals surface area contributed by atoms with Crippen molar-refractivity contribution < 1.29 is 9.52 Å². The van der Waals surface area contributed by atoms with Crippen molar-refractivity contribution in [1.29, 1.82) is 0 Å². The molecule has 0 aliphatic heterocycles. The number of rotatable bonds is 11. The Labute approximate surface area is 480 Å². The molecule has 4 heteroatoms. The molecule has 1 heterocycles. The van der Waals surface area contributed by atoms with Gasteiger partial charge < -0.3 is 19.3 Å². The molecule has 0 unspecified atom stereocenters. The molecular formula is C78H66N2O2. The molecule has 0 spiro atoms. The lowest BCUT2D eigenvalue weighted by atomic mass is 9.82. The Morgan fingerprint density at radius 2 is 0.829 bits per heavy atom. The molecule has 1 aromatic heterocycles. The number of para-hydroxylation sites is 4. The van der Waals surface area contributed by atoms with E-state index in [0.29, 0.717) is 11.8 Å². The van der Waals surface area contributed by atoms with Gasteiger partial charge in [0.25, 0.3) is 0 Å². The number of hydrogen-bond donors (Lipinski definition) is 1. The summed E-state index contributed by atoms with van der Waals surface area (Å²) in [5.41, 5.74) is 21.9. The quantitative estimate of drug-likeness (QED) is 0.131. The number of phenolic OH excluding ortho intramolecular Hbond substituents is 1. The van der Waals surface area contributed by atoms with Gasteiger partial charge in [0.05, 0.1) is 22.7 Å². The van der Waals surface area contributed by atoms with Gasteiger partial charge >= 0.3 is 0 Å². The van der Waals surface area contributed by atoms with Gasteiger partial charge in [-0.05, 0) is 185 Å². The molecular weight excluding hydrogens is 997 g/mol. The van der Waals surface area contributed by atoms with Crippen LogP contribution in [0.2, 0.25) is 0 Å². The SMILES string of the molecule is Cc1ccc(C)c(N(c2cc(C3CCCC3)c3ccc4c(N(c5ccccc5C)c5cccc(-c6cccc(-c7ccccc7C)c6)c5O)cc(C5CCCC5)c5ccc2c3c54)c2cccc3c2oc2c(-c4ccccc4)cccc23)c1. The zero-order valence-electron chi connectivity index (χ0n) is 47.3. The lowest BCUT2D eigenvalue weighted by molar-refractivity contribution is 0.478. The molecule has 0 saturated heterocycles. The molecule has 0 amide bonds. The highest BCUT2D eigenvalue weighted by Crippen LogP contribution is 2.56. The fraction of sp³-hybridized carbons (Fsp3) is 0.179. The van der Waals surface area contributed by atoms with Gasteiger partial charge in [-0.1, -0.05) is 196 Å². The third-order valence-electron chi connectivity index (χ3n) is 18.7. The van der Waals surface area contributed by atoms with Crippen molar-refractivity contribution in [1.82, 2.24) is 0 Å². The highest BCUT2D eigenvalue weighted by molar-refractivity contribution is 6.30. The van der Waals surface area contributed by atoms with E-state index in [1.165, 1.54) is 91.4 Å². The topological polar surface area (TPSA) is 39.9 Å². The van der Waals surface area contributed by atoms with Crippen LogP contribution in [-0.2, 0) is 0 Å². The maximum atomic E-state index is 13.1. The number of anilines is 6. The molecule has 1 N–H and O–H groups in total. The maximum Gasteiger partial charge on any atom is 0.159 e. The first kappa shape index (κ1) is 49.9. The molecule has 2 saturated carbocycles. The molecule has 12 aromatic carbocycles. The average Bonchev–Trinajstić information content (AvgIpc) is 1.45. The molecule has 0 bridgehead atoms. The molecule has 2 aliphatic rings. The summed E-state index contributed by atoms with van der Waals surface area (Å²) in [5, 5.41) is 23.0. The number of furan rings is 1. The van der Waals surface area contributed by atoms with Gasteiger partial charge in [-0.3, -0.25) is 0 Å². The van der Waals surface area contributed by atoms with Crippen molar-refractivity contribution in [2.24, 2.45) is 0 Å². The summed E-state index contributed by atoms with van der Waals surface area (Å²) >= 11 is 0. The number of fused-ring (bicyclic) bond motifs is 3. The van der Waals surface area contributed by atoms with Crippen LogP contribution in [0.5, 0.6) is 5.75 Å². The lowest BCUT2D eigenvalue weighted by Gasteiger charge is -2.33. The van der Waals surface area contributed by atoms with Gasteiger partial charge in [0.15, 0.2) is 5.58 Å². The van der Waals surface area contributed by atoms with E-state index in [9.17, 15) is 5.11 Å². The van der Waals surface area contributed by atoms with Gasteiger partial charge in [-0.15, -0.1) is 0 Å². The van der Waals surface area contributed by atoms with Crippen molar-refractivity contribution in [3.8, 4) is 39.1 Å². The van der Waals surface area contributed by atoms with Crippen LogP contribution in [0.15, 0.2) is 217 Å². The zero-order chi connectivity index (χ0) is 55.2. The van der Waals surface area contributed by atoms with Gasteiger partial charge in [-0.2, -0.15) is 0 Å². The second kappa shape index (κ2) is 20.1. The van der Waals surface area contributed by atoms with Gasteiger partial charge in [0, 0.05) is 44.0 Å². The first-order valence-electron chi connectivity index (χ1n) is 29.8. The van der Waals surface area contributed by atoms with Crippen molar-refractivity contribution >= 4 is 88.4 Å². The number of benzene rings is 12. The smallest absolute Gasteiger partial charge is 0.159 e. The Balaban J connectivity index is 1.03. The Morgan fingerprint density at radius 1 is 0.341 bits per heavy atom. The number of hydrogen-bond acceptors (Lipinski definition) is 4. The summed E-state index contributed by atoms with van der Waals surface area (Å²) in [7, 11) is 0. The molecule has 15 rings (SSSR count). The Hall–Kier alpha value is -9.12. The van der Waals surface area contributed by atoms with E-state index in [0.717, 1.165) is 115 Å². The number of phenols is 1. The largest absolute Gasteiger partial charge is 0.505 e. The van der Waals surface area contributed by atoms with Crippen LogP contribution in [0.1, 0.15) is 96.6 Å². The van der Waals surface area contributed by atoms with Crippen molar-refractivity contribution in [2.75, 3.05) is 9.80 Å². The monoisotopic (exact) mass is 1060 g/mol. The summed E-state index contributed by atoms with van der Waals surface area (Å²) in [6, 6.07) is 77.9. The van der Waals surface area contributed by atoms with Crippen LogP contribution in [0.3, 0.4) is 0 Å². The summed E-state index contributed by atoms with van der Waals surface area (Å²) < 4.78 is 7.34. The summed E-state index contributed by atoms with van der Waals surface area (Å²) in [6.07, 6.45) is 9.52. The first-order chi connectivity index (χ1) is 40.3. The normalized spacial score (nSPS) is 14.1. The Kier molecular flexibility index (Phi) is 12.3. The van der Waals surface area contributed by atoms with E-state index < -0.39 is 0 Å². The van der Waals surface area contributed by atoms with E-state index in [1.807, 2.05) is 0 Å². The second-order valence-corrected chi connectivity index (χ2v) is 23.6. The predicted octanol–water partition coefficient (Wildman–Crippen LogP) is 22.7. The maximum absolute atomic E-state index is 13.1. The van der Waals surface area contributed by atoms with Crippen LogP contribution >= 0.6 is 0 Å². The van der Waals surface area contributed by atoms with Crippen molar-refractivity contribution in [3.05, 3.63) is 246 Å². The molecule has 0 radical (unpaired) electrons. The third kappa shape index (κ3) is 8.17. The summed E-state index contributed by atoms with van der Waals surface area (Å²) in [5.74, 6) is 1.07. The molecule has 2 aliphatic carbocycles. The lowest BCUT2D eigenvalue weighted by Crippen LogP contribution is -2.15. The molecule has 82 heavy (non-hydrogen) atoms. The minimum Gasteiger partial charge on any atom is -0.505 e. The van der Waals surface area contributed by atoms with Crippen LogP contribution in [0.4, 0.5) is 34.1 Å². The van der Waals surface area contributed by atoms with Gasteiger partial charge in [0.1, 0.15) is 11.3 Å². The standard InChI is InChI=1S/C78H66N2O2/c1-48-38-39-51(4)71(44-48)80(70-37-19-34-63-62-33-17-32-59(77(62)82-78(63)70)52-22-6-5-7-23-52)73-47-67(54-26-12-13-27-54)61-40-42-64-72(46-66(53-24-10-11-25-53)60-41-43-65(73)75(61)74(60)64)79(68-35-15-9-21-50(68)3)69-36-18-31-58(76(69)81)56-29-16-28-55(45-56)57-30-14-8-20-49(57)2/h5-9,14-23,28-47,53-54,81H,10-13,24-27H2,1-4H3. The fourth-order valence-electron chi connectivity index (χ4n) is 14.6. The number of nitrogens with zero attached hydrogens (tertiary/aromatic N) is 2. The average molecular weight is 1060 g/mol. The van der Waals surface area contributed by atoms with Crippen LogP contribution in [0.25, 0.3) is 87.6 Å².